The van der Waals surface area contributed by atoms with Crippen LogP contribution in [0.1, 0.15) is 373 Å². The van der Waals surface area contributed by atoms with E-state index in [2.05, 4.69) is 50.3 Å². The summed E-state index contributed by atoms with van der Waals surface area (Å²) in [4.78, 5) is 35.9. The lowest BCUT2D eigenvalue weighted by molar-refractivity contribution is -0.870. The van der Waals surface area contributed by atoms with Gasteiger partial charge < -0.3 is 18.9 Å². The number of carbonyl (C=O) groups excluding carboxylic acids is 2. The van der Waals surface area contributed by atoms with E-state index in [1.54, 1.807) is 0 Å². The van der Waals surface area contributed by atoms with E-state index in [9.17, 15) is 19.0 Å². The Balaban J connectivity index is 3.93. The third-order valence-electron chi connectivity index (χ3n) is 16.6. The number of unbranched alkanes of at least 4 members (excludes halogenated alkanes) is 49. The maximum absolute atomic E-state index is 12.9. The number of esters is 2. The predicted molar refractivity (Wildman–Crippen MR) is 363 cm³/mol. The van der Waals surface area contributed by atoms with Gasteiger partial charge in [0.05, 0.1) is 27.7 Å². The zero-order valence-electron chi connectivity index (χ0n) is 56.7. The van der Waals surface area contributed by atoms with Crippen LogP contribution in [0.5, 0.6) is 0 Å². The van der Waals surface area contributed by atoms with Gasteiger partial charge in [-0.25, -0.2) is 4.57 Å². The summed E-state index contributed by atoms with van der Waals surface area (Å²) in [5.41, 5.74) is 0. The van der Waals surface area contributed by atoms with Gasteiger partial charge in [0.1, 0.15) is 19.8 Å². The zero-order valence-corrected chi connectivity index (χ0v) is 57.6. The number of hydrogen-bond acceptors (Lipinski definition) is 7. The van der Waals surface area contributed by atoms with E-state index in [1.807, 2.05) is 21.1 Å². The van der Waals surface area contributed by atoms with Crippen LogP contribution in [-0.4, -0.2) is 74.9 Å². The number of allylic oxidation sites excluding steroid dienone is 6. The summed E-state index contributed by atoms with van der Waals surface area (Å²) in [6.45, 7) is 4.49. The molecule has 0 aromatic heterocycles. The van der Waals surface area contributed by atoms with Gasteiger partial charge in [-0.1, -0.05) is 326 Å². The molecule has 0 saturated carbocycles. The topological polar surface area (TPSA) is 108 Å². The molecule has 1 N–H and O–H groups in total. The molecule has 0 heterocycles. The van der Waals surface area contributed by atoms with Crippen LogP contribution in [-0.2, 0) is 32.7 Å². The summed E-state index contributed by atoms with van der Waals surface area (Å²) in [7, 11) is 1.50. The Bertz CT molecular complexity index is 1510. The summed E-state index contributed by atoms with van der Waals surface area (Å²) >= 11 is 0. The molecule has 0 fully saturated rings. The highest BCUT2D eigenvalue weighted by Crippen LogP contribution is 2.43. The fourth-order valence-electron chi connectivity index (χ4n) is 11.0. The first kappa shape index (κ1) is 82.2. The monoisotopic (exact) mass is 1210 g/mol. The molecule has 0 aromatic carbocycles. The van der Waals surface area contributed by atoms with Crippen molar-refractivity contribution in [1.29, 1.82) is 0 Å². The average molecular weight is 1210 g/mol. The molecule has 0 aliphatic rings. The summed E-state index contributed by atoms with van der Waals surface area (Å²) in [6, 6.07) is 0. The van der Waals surface area contributed by atoms with Gasteiger partial charge >= 0.3 is 19.8 Å². The van der Waals surface area contributed by atoms with Crippen LogP contribution in [0.15, 0.2) is 36.5 Å². The van der Waals surface area contributed by atoms with Gasteiger partial charge in [0.2, 0.25) is 0 Å². The van der Waals surface area contributed by atoms with Gasteiger partial charge in [0.15, 0.2) is 6.10 Å². The largest absolute Gasteiger partial charge is 0.472 e. The second kappa shape index (κ2) is 65.7. The first-order valence-electron chi connectivity index (χ1n) is 36.7. The van der Waals surface area contributed by atoms with Crippen molar-refractivity contribution < 1.29 is 42.1 Å². The quantitative estimate of drug-likeness (QED) is 0.0211. The van der Waals surface area contributed by atoms with Crippen molar-refractivity contribution in [2.75, 3.05) is 47.5 Å². The fourth-order valence-corrected chi connectivity index (χ4v) is 11.7. The molecule has 84 heavy (non-hydrogen) atoms. The molecular weight excluding hydrogens is 1060 g/mol. The van der Waals surface area contributed by atoms with Crippen LogP contribution in [0.4, 0.5) is 0 Å². The summed E-state index contributed by atoms with van der Waals surface area (Å²) < 4.78 is 34.8. The highest BCUT2D eigenvalue weighted by molar-refractivity contribution is 7.47. The van der Waals surface area contributed by atoms with Crippen LogP contribution in [0, 0.1) is 0 Å². The van der Waals surface area contributed by atoms with Crippen molar-refractivity contribution in [3.05, 3.63) is 36.5 Å². The number of hydrogen-bond donors (Lipinski definition) is 1. The molecule has 2 atom stereocenters. The Kier molecular flexibility index (Phi) is 64.3. The number of likely N-dealkylation sites (N-methyl/N-ethyl adjacent to an activating group) is 1. The minimum absolute atomic E-state index is 0.0345. The summed E-state index contributed by atoms with van der Waals surface area (Å²) in [5.74, 6) is -0.777. The number of quaternary nitrogens is 1. The van der Waals surface area contributed by atoms with E-state index in [-0.39, 0.29) is 25.6 Å². The normalized spacial score (nSPS) is 13.3. The van der Waals surface area contributed by atoms with Gasteiger partial charge in [-0.05, 0) is 70.6 Å². The van der Waals surface area contributed by atoms with Gasteiger partial charge in [-0.15, -0.1) is 0 Å². The van der Waals surface area contributed by atoms with E-state index < -0.39 is 26.5 Å². The van der Waals surface area contributed by atoms with Gasteiger partial charge in [0, 0.05) is 12.8 Å². The van der Waals surface area contributed by atoms with E-state index in [1.165, 1.54) is 302 Å². The van der Waals surface area contributed by atoms with Crippen LogP contribution >= 0.6 is 7.82 Å². The zero-order chi connectivity index (χ0) is 61.2. The van der Waals surface area contributed by atoms with E-state index >= 15 is 0 Å². The van der Waals surface area contributed by atoms with Crippen molar-refractivity contribution in [3.63, 3.8) is 0 Å². The van der Waals surface area contributed by atoms with Crippen molar-refractivity contribution >= 4 is 19.8 Å². The molecule has 9 nitrogen and oxygen atoms in total. The number of ether oxygens (including phenoxy) is 2. The number of rotatable bonds is 69. The van der Waals surface area contributed by atoms with Crippen molar-refractivity contribution in [2.45, 2.75) is 380 Å². The molecule has 0 rings (SSSR count). The molecule has 2 unspecified atom stereocenters. The third kappa shape index (κ3) is 69.3. The first-order valence-corrected chi connectivity index (χ1v) is 38.2. The Morgan fingerprint density at radius 2 is 0.643 bits per heavy atom. The second-order valence-electron chi connectivity index (χ2n) is 26.3. The Morgan fingerprint density at radius 1 is 0.369 bits per heavy atom. The smallest absolute Gasteiger partial charge is 0.462 e. The highest BCUT2D eigenvalue weighted by Gasteiger charge is 2.27. The number of phosphoric ester groups is 1. The summed E-state index contributed by atoms with van der Waals surface area (Å²) in [5, 5.41) is 0. The molecule has 0 bridgehead atoms. The van der Waals surface area contributed by atoms with Crippen LogP contribution < -0.4 is 0 Å². The number of nitrogens with zero attached hydrogens (tertiary/aromatic N) is 1. The lowest BCUT2D eigenvalue weighted by Crippen LogP contribution is -2.37. The molecule has 0 aliphatic carbocycles. The van der Waals surface area contributed by atoms with Crippen molar-refractivity contribution in [1.82, 2.24) is 0 Å². The molecule has 0 saturated heterocycles. The molecule has 0 radical (unpaired) electrons. The SMILES string of the molecule is CCCCCCC/C=C\C/C=C\CCCCCCCCCCCCCCCCCCCCCCCCCCCC(=O)OC(COC(=O)CCCCCCCCCCCCC/C=C\CCCCCCCCCC)COP(=O)(O)OCC[N+](C)(C)C. The Labute approximate surface area is 522 Å². The average Bonchev–Trinajstić information content (AvgIpc) is 3.61. The van der Waals surface area contributed by atoms with Crippen LogP contribution in [0.3, 0.4) is 0 Å². The number of carbonyl (C=O) groups is 2. The van der Waals surface area contributed by atoms with E-state index in [0.717, 1.165) is 38.5 Å². The van der Waals surface area contributed by atoms with Crippen molar-refractivity contribution in [2.24, 2.45) is 0 Å². The molecule has 0 spiro atoms. The minimum Gasteiger partial charge on any atom is -0.462 e. The highest BCUT2D eigenvalue weighted by atomic mass is 31.2. The first-order chi connectivity index (χ1) is 41.0. The molecule has 0 amide bonds. The Morgan fingerprint density at radius 3 is 0.952 bits per heavy atom. The lowest BCUT2D eigenvalue weighted by Gasteiger charge is -2.24. The summed E-state index contributed by atoms with van der Waals surface area (Å²) in [6.07, 6.45) is 84.1. The van der Waals surface area contributed by atoms with Gasteiger partial charge in [-0.3, -0.25) is 18.6 Å². The second-order valence-corrected chi connectivity index (χ2v) is 27.8. The number of phosphoric acid groups is 1. The third-order valence-corrected chi connectivity index (χ3v) is 17.6. The molecule has 10 heteroatoms. The van der Waals surface area contributed by atoms with Crippen LogP contribution in [0.25, 0.3) is 0 Å². The van der Waals surface area contributed by atoms with Crippen molar-refractivity contribution in [3.8, 4) is 0 Å². The lowest BCUT2D eigenvalue weighted by atomic mass is 10.0. The maximum Gasteiger partial charge on any atom is 0.472 e. The Hall–Kier alpha value is -1.77. The van der Waals surface area contributed by atoms with Gasteiger partial charge in [-0.2, -0.15) is 0 Å². The molecular formula is C74H143NO8P+. The van der Waals surface area contributed by atoms with E-state index in [0.29, 0.717) is 23.9 Å². The molecule has 0 aromatic rings. The van der Waals surface area contributed by atoms with Crippen LogP contribution in [0.2, 0.25) is 0 Å². The van der Waals surface area contributed by atoms with E-state index in [4.69, 9.17) is 18.5 Å². The van der Waals surface area contributed by atoms with Gasteiger partial charge in [0.25, 0.3) is 0 Å². The predicted octanol–water partition coefficient (Wildman–Crippen LogP) is 23.8. The standard InChI is InChI=1S/C74H142NO8P/c1-6-8-10-12-14-16-18-20-22-24-26-28-30-31-32-33-34-35-36-37-38-39-40-41-42-43-45-47-49-51-53-55-57-59-61-63-65-67-74(77)83-72(71-82-84(78,79)81-69-68-75(3,4)5)70-80-73(76)66-64-62-60-58-56-54-52-50-48-46-44-29-27-25-23-21-19-17-15-13-11-9-7-2/h18,20,24-27,72H,6-17,19,21-23,28-71H2,1-5H3/p+1/b20-18-,26-24-,27-25-. The molecule has 496 valence electrons. The minimum atomic E-state index is -4.39. The maximum atomic E-state index is 12.9. The molecule has 0 aliphatic heterocycles. The fraction of sp³-hybridized carbons (Fsp3) is 0.892.